The number of hydrogen-bond acceptors (Lipinski definition) is 6. The molecule has 0 saturated carbocycles. The summed E-state index contributed by atoms with van der Waals surface area (Å²) in [5.74, 6) is 0. The van der Waals surface area contributed by atoms with Gasteiger partial charge in [0.05, 0.1) is 45.5 Å². The first-order chi connectivity index (χ1) is 25.3. The summed E-state index contributed by atoms with van der Waals surface area (Å²) in [4.78, 5) is 14.4. The van der Waals surface area contributed by atoms with E-state index < -0.39 is 0 Å². The summed E-state index contributed by atoms with van der Waals surface area (Å²) in [5, 5.41) is 22.0. The maximum absolute atomic E-state index is 9.96. The second kappa shape index (κ2) is 10.4. The number of rotatable bonds is 2. The monoisotopic (exact) mass is 668 g/mol. The molecule has 6 nitrogen and oxygen atoms in total. The molecule has 0 radical (unpaired) electrons. The van der Waals surface area contributed by atoms with Gasteiger partial charge in [-0.3, -0.25) is 0 Å². The first kappa shape index (κ1) is 30.1. The average Bonchev–Trinajstić information content (AvgIpc) is 3.49. The van der Waals surface area contributed by atoms with E-state index in [4.69, 9.17) is 9.97 Å². The zero-order valence-electron chi connectivity index (χ0n) is 29.2. The molecule has 6 aromatic carbocycles. The highest BCUT2D eigenvalue weighted by Crippen LogP contribution is 2.60. The molecule has 3 aliphatic rings. The standard InChI is InChI=1S/C46H32N6/c1-45(2)29-13-5-9-17-35(29)51(36-18-10-6-14-30(36)45)39-23-21-27-41-28(44-43(27)49-33(25-47)34(26-48)50-44)22-24-40(42(39)41)52-37-19-11-7-15-31(37)46(3,4)32-16-8-12-20-38(32)52/h5-24H,1-4H3. The van der Waals surface area contributed by atoms with Crippen LogP contribution in [0.4, 0.5) is 34.1 Å². The minimum absolute atomic E-state index is 0.0359. The van der Waals surface area contributed by atoms with Crippen molar-refractivity contribution in [3.63, 3.8) is 0 Å². The molecule has 6 heteroatoms. The van der Waals surface area contributed by atoms with Gasteiger partial charge in [-0.1, -0.05) is 100 Å². The number of anilines is 6. The second-order valence-electron chi connectivity index (χ2n) is 14.8. The molecule has 0 amide bonds. The zero-order valence-corrected chi connectivity index (χ0v) is 29.2. The van der Waals surface area contributed by atoms with E-state index in [1.807, 2.05) is 0 Å². The Labute approximate surface area is 302 Å². The van der Waals surface area contributed by atoms with Gasteiger partial charge in [-0.2, -0.15) is 10.5 Å². The minimum Gasteiger partial charge on any atom is -0.309 e. The fourth-order valence-corrected chi connectivity index (χ4v) is 9.05. The second-order valence-corrected chi connectivity index (χ2v) is 14.8. The Bertz CT molecular complexity index is 2510. The highest BCUT2D eigenvalue weighted by molar-refractivity contribution is 6.23. The number of hydrogen-bond donors (Lipinski definition) is 0. The van der Waals surface area contributed by atoms with Crippen molar-refractivity contribution in [2.75, 3.05) is 9.80 Å². The Balaban J connectivity index is 1.36. The SMILES string of the molecule is CC1(C)c2ccccc2N(c2ccc3c4c(ccc(N5c6ccccc6C(C)(C)c6ccccc65)c24)-c2nc(C#N)c(C#N)nc2-3)c2ccccc21. The molecule has 0 bridgehead atoms. The first-order valence-electron chi connectivity index (χ1n) is 17.6. The number of para-hydroxylation sites is 4. The third kappa shape index (κ3) is 3.76. The van der Waals surface area contributed by atoms with Crippen molar-refractivity contribution in [1.82, 2.24) is 9.97 Å². The van der Waals surface area contributed by atoms with Crippen LogP contribution in [0.3, 0.4) is 0 Å². The van der Waals surface area contributed by atoms with Crippen molar-refractivity contribution in [2.45, 2.75) is 38.5 Å². The number of benzene rings is 6. The van der Waals surface area contributed by atoms with E-state index in [0.717, 1.165) is 56.0 Å². The molecule has 7 aromatic rings. The molecule has 0 saturated heterocycles. The molecule has 0 fully saturated rings. The summed E-state index contributed by atoms with van der Waals surface area (Å²) in [7, 11) is 0. The van der Waals surface area contributed by atoms with Crippen LogP contribution in [0, 0.1) is 22.7 Å². The maximum Gasteiger partial charge on any atom is 0.177 e. The molecule has 3 heterocycles. The number of nitrogens with zero attached hydrogens (tertiary/aromatic N) is 6. The Morgan fingerprint density at radius 3 is 1.08 bits per heavy atom. The van der Waals surface area contributed by atoms with E-state index in [1.165, 1.54) is 22.3 Å². The molecule has 52 heavy (non-hydrogen) atoms. The average molecular weight is 669 g/mol. The summed E-state index contributed by atoms with van der Waals surface area (Å²) >= 11 is 0. The van der Waals surface area contributed by atoms with Crippen LogP contribution in [0.25, 0.3) is 33.3 Å². The summed E-state index contributed by atoms with van der Waals surface area (Å²) in [6.07, 6.45) is 0. The van der Waals surface area contributed by atoms with Gasteiger partial charge in [0, 0.05) is 32.7 Å². The lowest BCUT2D eigenvalue weighted by Gasteiger charge is -2.44. The van der Waals surface area contributed by atoms with Gasteiger partial charge < -0.3 is 9.80 Å². The van der Waals surface area contributed by atoms with E-state index >= 15 is 0 Å². The molecule has 0 spiro atoms. The number of fused-ring (bicyclic) bond motifs is 7. The predicted molar refractivity (Wildman–Crippen MR) is 207 cm³/mol. The molecule has 1 aliphatic carbocycles. The van der Waals surface area contributed by atoms with Crippen LogP contribution in [-0.2, 0) is 10.8 Å². The quantitative estimate of drug-likeness (QED) is 0.182. The van der Waals surface area contributed by atoms with Gasteiger partial charge in [0.1, 0.15) is 12.1 Å². The lowest BCUT2D eigenvalue weighted by atomic mass is 9.73. The van der Waals surface area contributed by atoms with Crippen LogP contribution in [0.5, 0.6) is 0 Å². The fraction of sp³-hybridized carbons (Fsp3) is 0.130. The molecule has 10 rings (SSSR count). The molecule has 0 N–H and O–H groups in total. The van der Waals surface area contributed by atoms with Gasteiger partial charge in [-0.05, 0) is 70.8 Å². The maximum atomic E-state index is 9.96. The first-order valence-corrected chi connectivity index (χ1v) is 17.6. The van der Waals surface area contributed by atoms with Gasteiger partial charge in [0.25, 0.3) is 0 Å². The fourth-order valence-electron chi connectivity index (χ4n) is 9.05. The Morgan fingerprint density at radius 2 is 0.750 bits per heavy atom. The van der Waals surface area contributed by atoms with Crippen LogP contribution < -0.4 is 9.80 Å². The molecule has 0 atom stereocenters. The van der Waals surface area contributed by atoms with E-state index in [0.29, 0.717) is 11.4 Å². The third-order valence-corrected chi connectivity index (χ3v) is 11.5. The van der Waals surface area contributed by atoms with E-state index in [-0.39, 0.29) is 22.2 Å². The van der Waals surface area contributed by atoms with Gasteiger partial charge in [0.2, 0.25) is 0 Å². The number of aromatic nitrogens is 2. The Hall–Kier alpha value is -6.76. The van der Waals surface area contributed by atoms with Gasteiger partial charge in [-0.25, -0.2) is 9.97 Å². The lowest BCUT2D eigenvalue weighted by Crippen LogP contribution is -2.31. The summed E-state index contributed by atoms with van der Waals surface area (Å²) in [6.45, 7) is 9.21. The third-order valence-electron chi connectivity index (χ3n) is 11.5. The van der Waals surface area contributed by atoms with Gasteiger partial charge >= 0.3 is 0 Å². The molecular weight excluding hydrogens is 637 g/mol. The highest BCUT2D eigenvalue weighted by Gasteiger charge is 2.41. The van der Waals surface area contributed by atoms with Crippen LogP contribution in [0.2, 0.25) is 0 Å². The smallest absolute Gasteiger partial charge is 0.177 e. The molecule has 246 valence electrons. The van der Waals surface area contributed by atoms with Crippen LogP contribution >= 0.6 is 0 Å². The molecule has 1 aromatic heterocycles. The zero-order chi connectivity index (χ0) is 35.5. The van der Waals surface area contributed by atoms with Gasteiger partial charge in [0.15, 0.2) is 11.4 Å². The van der Waals surface area contributed by atoms with Crippen LogP contribution in [-0.4, -0.2) is 9.97 Å². The van der Waals surface area contributed by atoms with Crippen molar-refractivity contribution in [3.8, 4) is 34.7 Å². The minimum atomic E-state index is -0.219. The summed E-state index contributed by atoms with van der Waals surface area (Å²) in [6, 6.07) is 47.7. The summed E-state index contributed by atoms with van der Waals surface area (Å²) < 4.78 is 0. The number of nitriles is 2. The van der Waals surface area contributed by atoms with Crippen molar-refractivity contribution < 1.29 is 0 Å². The van der Waals surface area contributed by atoms with Crippen molar-refractivity contribution in [1.29, 1.82) is 10.5 Å². The van der Waals surface area contributed by atoms with Crippen LogP contribution in [0.15, 0.2) is 121 Å². The molecular formula is C46H32N6. The Morgan fingerprint density at radius 1 is 0.423 bits per heavy atom. The summed E-state index contributed by atoms with van der Waals surface area (Å²) in [5.41, 5.74) is 14.2. The van der Waals surface area contributed by atoms with Crippen molar-refractivity contribution in [2.24, 2.45) is 0 Å². The largest absolute Gasteiger partial charge is 0.309 e. The lowest BCUT2D eigenvalue weighted by molar-refractivity contribution is 0.632. The van der Waals surface area contributed by atoms with Crippen molar-refractivity contribution >= 4 is 44.9 Å². The van der Waals surface area contributed by atoms with Crippen LogP contribution in [0.1, 0.15) is 61.3 Å². The van der Waals surface area contributed by atoms with E-state index in [2.05, 4.69) is 171 Å². The normalized spacial score (nSPS) is 15.1. The molecule has 2 aliphatic heterocycles. The topological polar surface area (TPSA) is 79.8 Å². The Kier molecular flexibility index (Phi) is 6.01. The van der Waals surface area contributed by atoms with E-state index in [1.54, 1.807) is 0 Å². The van der Waals surface area contributed by atoms with Gasteiger partial charge in [-0.15, -0.1) is 0 Å². The highest BCUT2D eigenvalue weighted by atomic mass is 15.2. The van der Waals surface area contributed by atoms with E-state index in [9.17, 15) is 10.5 Å². The molecule has 0 unspecified atom stereocenters. The predicted octanol–water partition coefficient (Wildman–Crippen LogP) is 11.2. The van der Waals surface area contributed by atoms with Crippen molar-refractivity contribution in [3.05, 3.63) is 155 Å².